The first-order valence-electron chi connectivity index (χ1n) is 4.42. The molecule has 0 aromatic heterocycles. The van der Waals surface area contributed by atoms with Crippen LogP contribution in [-0.4, -0.2) is 11.6 Å². The molecule has 0 N–H and O–H groups in total. The third-order valence-corrected chi connectivity index (χ3v) is 2.80. The summed E-state index contributed by atoms with van der Waals surface area (Å²) in [4.78, 5) is 22.8. The third-order valence-electron chi connectivity index (χ3n) is 2.56. The van der Waals surface area contributed by atoms with Crippen LogP contribution in [0.25, 0.3) is 0 Å². The second kappa shape index (κ2) is 3.21. The number of rotatable bonds is 1. The normalized spacial score (nSPS) is 19.6. The van der Waals surface area contributed by atoms with Gasteiger partial charge in [-0.05, 0) is 37.1 Å². The Morgan fingerprint density at radius 2 is 2.21 bits per heavy atom. The quantitative estimate of drug-likeness (QED) is 0.664. The molecule has 1 aromatic carbocycles. The van der Waals surface area contributed by atoms with E-state index in [0.29, 0.717) is 17.0 Å². The van der Waals surface area contributed by atoms with E-state index in [2.05, 4.69) is 0 Å². The number of hydrogen-bond acceptors (Lipinski definition) is 2. The fraction of sp³-hybridized carbons (Fsp3) is 0.273. The number of halogens is 1. The molecule has 1 aliphatic carbocycles. The van der Waals surface area contributed by atoms with Gasteiger partial charge in [0.15, 0.2) is 5.78 Å². The summed E-state index contributed by atoms with van der Waals surface area (Å²) >= 11 is 5.80. The van der Waals surface area contributed by atoms with Gasteiger partial charge in [0.1, 0.15) is 5.78 Å². The lowest BCUT2D eigenvalue weighted by atomic mass is 10.0. The van der Waals surface area contributed by atoms with E-state index in [9.17, 15) is 9.59 Å². The molecule has 1 aliphatic rings. The Hall–Kier alpha value is -1.15. The highest BCUT2D eigenvalue weighted by atomic mass is 35.5. The van der Waals surface area contributed by atoms with Crippen molar-refractivity contribution in [2.45, 2.75) is 13.3 Å². The lowest BCUT2D eigenvalue weighted by Gasteiger charge is -1.99. The van der Waals surface area contributed by atoms with Gasteiger partial charge < -0.3 is 0 Å². The van der Waals surface area contributed by atoms with Gasteiger partial charge in [0.05, 0.1) is 5.92 Å². The van der Waals surface area contributed by atoms with Crippen molar-refractivity contribution in [2.75, 3.05) is 0 Å². The first-order valence-corrected chi connectivity index (χ1v) is 4.80. The molecule has 2 rings (SSSR count). The summed E-state index contributed by atoms with van der Waals surface area (Å²) in [6, 6.07) is 5.14. The number of Topliss-reactive ketones (excluding diaryl/α,β-unsaturated/α-hetero) is 2. The minimum absolute atomic E-state index is 0.0656. The van der Waals surface area contributed by atoms with E-state index in [4.69, 9.17) is 11.6 Å². The van der Waals surface area contributed by atoms with Crippen LogP contribution in [0.4, 0.5) is 0 Å². The summed E-state index contributed by atoms with van der Waals surface area (Å²) in [5.41, 5.74) is 1.54. The molecule has 0 saturated carbocycles. The minimum atomic E-state index is -0.483. The van der Waals surface area contributed by atoms with Crippen LogP contribution in [0.1, 0.15) is 22.8 Å². The molecule has 0 bridgehead atoms. The number of carbonyl (C=O) groups excluding carboxylic acids is 2. The van der Waals surface area contributed by atoms with Crippen LogP contribution < -0.4 is 0 Å². The lowest BCUT2D eigenvalue weighted by Crippen LogP contribution is -2.17. The molecule has 0 radical (unpaired) electrons. The highest BCUT2D eigenvalue weighted by molar-refractivity contribution is 6.31. The van der Waals surface area contributed by atoms with Crippen molar-refractivity contribution in [1.29, 1.82) is 0 Å². The molecule has 1 unspecified atom stereocenters. The van der Waals surface area contributed by atoms with Crippen molar-refractivity contribution in [3.63, 3.8) is 0 Å². The van der Waals surface area contributed by atoms with Gasteiger partial charge in [0.2, 0.25) is 0 Å². The van der Waals surface area contributed by atoms with E-state index in [-0.39, 0.29) is 11.6 Å². The predicted octanol–water partition coefficient (Wildman–Crippen LogP) is 2.28. The van der Waals surface area contributed by atoms with Crippen molar-refractivity contribution in [3.05, 3.63) is 34.3 Å². The molecular weight excluding hydrogens is 200 g/mol. The van der Waals surface area contributed by atoms with Crippen molar-refractivity contribution < 1.29 is 9.59 Å². The van der Waals surface area contributed by atoms with Crippen LogP contribution in [0.15, 0.2) is 18.2 Å². The molecule has 0 amide bonds. The topological polar surface area (TPSA) is 34.1 Å². The van der Waals surface area contributed by atoms with Crippen LogP contribution in [0, 0.1) is 5.92 Å². The third kappa shape index (κ3) is 1.36. The second-order valence-electron chi connectivity index (χ2n) is 3.53. The van der Waals surface area contributed by atoms with E-state index >= 15 is 0 Å². The lowest BCUT2D eigenvalue weighted by molar-refractivity contribution is -0.119. The fourth-order valence-corrected chi connectivity index (χ4v) is 1.99. The summed E-state index contributed by atoms with van der Waals surface area (Å²) in [5, 5.41) is 0.612. The number of benzene rings is 1. The predicted molar refractivity (Wildman–Crippen MR) is 53.7 cm³/mol. The Morgan fingerprint density at radius 1 is 1.50 bits per heavy atom. The average molecular weight is 209 g/mol. The number of fused-ring (bicyclic) bond motifs is 1. The molecule has 3 heteroatoms. The van der Waals surface area contributed by atoms with Gasteiger partial charge in [0, 0.05) is 10.6 Å². The minimum Gasteiger partial charge on any atom is -0.299 e. The molecule has 72 valence electrons. The Balaban J connectivity index is 2.45. The first kappa shape index (κ1) is 9.41. The Labute approximate surface area is 86.9 Å². The molecule has 0 aliphatic heterocycles. The molecule has 1 aromatic rings. The van der Waals surface area contributed by atoms with E-state index in [1.54, 1.807) is 18.2 Å². The van der Waals surface area contributed by atoms with Crippen molar-refractivity contribution in [3.8, 4) is 0 Å². The van der Waals surface area contributed by atoms with Gasteiger partial charge in [-0.15, -0.1) is 0 Å². The molecule has 0 saturated heterocycles. The van der Waals surface area contributed by atoms with E-state index in [0.717, 1.165) is 5.56 Å². The maximum atomic E-state index is 11.7. The monoisotopic (exact) mass is 208 g/mol. The zero-order valence-corrected chi connectivity index (χ0v) is 8.47. The van der Waals surface area contributed by atoms with Crippen LogP contribution in [-0.2, 0) is 11.2 Å². The van der Waals surface area contributed by atoms with E-state index in [1.807, 2.05) is 0 Å². The van der Waals surface area contributed by atoms with Gasteiger partial charge in [-0.3, -0.25) is 9.59 Å². The summed E-state index contributed by atoms with van der Waals surface area (Å²) in [6.45, 7) is 1.45. The van der Waals surface area contributed by atoms with E-state index < -0.39 is 5.92 Å². The Kier molecular flexibility index (Phi) is 2.16. The highest BCUT2D eigenvalue weighted by Gasteiger charge is 2.33. The molecule has 1 atom stereocenters. The molecular formula is C11H9ClO2. The fourth-order valence-electron chi connectivity index (χ4n) is 1.80. The van der Waals surface area contributed by atoms with Gasteiger partial charge in [-0.2, -0.15) is 0 Å². The first-order chi connectivity index (χ1) is 6.59. The standard InChI is InChI=1S/C11H9ClO2/c1-6(13)10-5-7-4-8(12)2-3-9(7)11(10)14/h2-4,10H,5H2,1H3. The molecule has 0 fully saturated rings. The van der Waals surface area contributed by atoms with Gasteiger partial charge in [0.25, 0.3) is 0 Å². The van der Waals surface area contributed by atoms with Crippen LogP contribution in [0.5, 0.6) is 0 Å². The highest BCUT2D eigenvalue weighted by Crippen LogP contribution is 2.29. The summed E-state index contributed by atoms with van der Waals surface area (Å²) < 4.78 is 0. The zero-order valence-electron chi connectivity index (χ0n) is 7.71. The van der Waals surface area contributed by atoms with Gasteiger partial charge in [-0.25, -0.2) is 0 Å². The molecule has 14 heavy (non-hydrogen) atoms. The van der Waals surface area contributed by atoms with Crippen molar-refractivity contribution >= 4 is 23.2 Å². The largest absolute Gasteiger partial charge is 0.299 e. The second-order valence-corrected chi connectivity index (χ2v) is 3.97. The van der Waals surface area contributed by atoms with Gasteiger partial charge >= 0.3 is 0 Å². The van der Waals surface area contributed by atoms with Crippen LogP contribution >= 0.6 is 11.6 Å². The summed E-state index contributed by atoms with van der Waals surface area (Å²) in [5.74, 6) is -0.616. The van der Waals surface area contributed by atoms with Crippen molar-refractivity contribution in [2.24, 2.45) is 5.92 Å². The summed E-state index contributed by atoms with van der Waals surface area (Å²) in [6.07, 6.45) is 0.504. The van der Waals surface area contributed by atoms with E-state index in [1.165, 1.54) is 6.92 Å². The van der Waals surface area contributed by atoms with Crippen LogP contribution in [0.2, 0.25) is 5.02 Å². The molecule has 2 nitrogen and oxygen atoms in total. The van der Waals surface area contributed by atoms with Crippen molar-refractivity contribution in [1.82, 2.24) is 0 Å². The summed E-state index contributed by atoms with van der Waals surface area (Å²) in [7, 11) is 0. The van der Waals surface area contributed by atoms with Crippen LogP contribution in [0.3, 0.4) is 0 Å². The average Bonchev–Trinajstić information content (AvgIpc) is 2.43. The Morgan fingerprint density at radius 3 is 2.86 bits per heavy atom. The number of ketones is 2. The maximum absolute atomic E-state index is 11.7. The Bertz CT molecular complexity index is 423. The molecule has 0 heterocycles. The zero-order chi connectivity index (χ0) is 10.3. The SMILES string of the molecule is CC(=O)C1Cc2cc(Cl)ccc2C1=O. The maximum Gasteiger partial charge on any atom is 0.173 e. The van der Waals surface area contributed by atoms with Gasteiger partial charge in [-0.1, -0.05) is 11.6 Å². The smallest absolute Gasteiger partial charge is 0.173 e. The number of hydrogen-bond donors (Lipinski definition) is 0. The molecule has 0 spiro atoms. The number of carbonyl (C=O) groups is 2.